The number of sulfonamides is 1. The van der Waals surface area contributed by atoms with Gasteiger partial charge < -0.3 is 9.26 Å². The molecular formula is C17H27N3O4S. The summed E-state index contributed by atoms with van der Waals surface area (Å²) in [5.74, 6) is 3.37. The van der Waals surface area contributed by atoms with Crippen LogP contribution in [0.3, 0.4) is 0 Å². The van der Waals surface area contributed by atoms with Crippen LogP contribution in [0.4, 0.5) is 0 Å². The van der Waals surface area contributed by atoms with Crippen LogP contribution in [0.5, 0.6) is 0 Å². The highest BCUT2D eigenvalue weighted by molar-refractivity contribution is 7.88. The lowest BCUT2D eigenvalue weighted by molar-refractivity contribution is 0.0162. The maximum absolute atomic E-state index is 12.3. The SMILES string of the molecule is Cc1noc([C@@H]2CC[C@H](CN(CC3CCC4CC4C3)S(C)(=O)=O)O2)n1. The van der Waals surface area contributed by atoms with Crippen LogP contribution in [0.1, 0.15) is 56.3 Å². The quantitative estimate of drug-likeness (QED) is 0.765. The van der Waals surface area contributed by atoms with Gasteiger partial charge in [-0.3, -0.25) is 0 Å². The Kier molecular flexibility index (Phi) is 4.62. The molecular weight excluding hydrogens is 342 g/mol. The highest BCUT2D eigenvalue weighted by Crippen LogP contribution is 2.51. The van der Waals surface area contributed by atoms with Crippen molar-refractivity contribution in [3.63, 3.8) is 0 Å². The van der Waals surface area contributed by atoms with Gasteiger partial charge in [-0.15, -0.1) is 0 Å². The lowest BCUT2D eigenvalue weighted by atomic mass is 9.89. The first-order valence-electron chi connectivity index (χ1n) is 9.29. The minimum atomic E-state index is -3.23. The largest absolute Gasteiger partial charge is 0.364 e. The van der Waals surface area contributed by atoms with Gasteiger partial charge in [0, 0.05) is 13.1 Å². The van der Waals surface area contributed by atoms with Crippen molar-refractivity contribution >= 4 is 10.0 Å². The summed E-state index contributed by atoms with van der Waals surface area (Å²) in [5.41, 5.74) is 0. The lowest BCUT2D eigenvalue weighted by Crippen LogP contribution is -2.40. The molecule has 1 aromatic heterocycles. The van der Waals surface area contributed by atoms with Crippen molar-refractivity contribution < 1.29 is 17.7 Å². The van der Waals surface area contributed by atoms with Crippen LogP contribution in [-0.2, 0) is 14.8 Å². The molecule has 1 aliphatic heterocycles. The molecule has 140 valence electrons. The number of rotatable bonds is 6. The predicted molar refractivity (Wildman–Crippen MR) is 91.2 cm³/mol. The van der Waals surface area contributed by atoms with Crippen LogP contribution < -0.4 is 0 Å². The first-order valence-corrected chi connectivity index (χ1v) is 11.1. The fourth-order valence-corrected chi connectivity index (χ4v) is 5.36. The molecule has 0 aromatic carbocycles. The number of nitrogens with zero attached hydrogens (tertiary/aromatic N) is 3. The smallest absolute Gasteiger partial charge is 0.255 e. The van der Waals surface area contributed by atoms with Crippen molar-refractivity contribution in [2.45, 2.75) is 57.7 Å². The van der Waals surface area contributed by atoms with Gasteiger partial charge in [0.2, 0.25) is 10.0 Å². The Bertz CT molecular complexity index is 719. The summed E-state index contributed by atoms with van der Waals surface area (Å²) in [4.78, 5) is 4.23. The minimum Gasteiger partial charge on any atom is -0.364 e. The Balaban J connectivity index is 1.36. The van der Waals surface area contributed by atoms with E-state index in [0.29, 0.717) is 30.7 Å². The molecule has 2 heterocycles. The second-order valence-corrected chi connectivity index (χ2v) is 10.0. The molecule has 0 bridgehead atoms. The van der Waals surface area contributed by atoms with Crippen LogP contribution in [0.15, 0.2) is 4.52 Å². The molecule has 0 radical (unpaired) electrons. The van der Waals surface area contributed by atoms with Crippen molar-refractivity contribution in [1.82, 2.24) is 14.4 Å². The third-order valence-corrected chi connectivity index (χ3v) is 7.15. The number of hydrogen-bond acceptors (Lipinski definition) is 6. The molecule has 5 atom stereocenters. The van der Waals surface area contributed by atoms with E-state index < -0.39 is 10.0 Å². The van der Waals surface area contributed by atoms with Gasteiger partial charge in [-0.2, -0.15) is 9.29 Å². The Morgan fingerprint density at radius 1 is 1.12 bits per heavy atom. The molecule has 0 amide bonds. The van der Waals surface area contributed by atoms with E-state index in [9.17, 15) is 8.42 Å². The van der Waals surface area contributed by atoms with Crippen LogP contribution in [0.2, 0.25) is 0 Å². The van der Waals surface area contributed by atoms with Crippen molar-refractivity contribution in [2.24, 2.45) is 17.8 Å². The molecule has 3 aliphatic rings. The monoisotopic (exact) mass is 369 g/mol. The Morgan fingerprint density at radius 3 is 2.64 bits per heavy atom. The fourth-order valence-electron chi connectivity index (χ4n) is 4.44. The molecule has 0 spiro atoms. The zero-order chi connectivity index (χ0) is 17.6. The summed E-state index contributed by atoms with van der Waals surface area (Å²) < 4.78 is 37.4. The summed E-state index contributed by atoms with van der Waals surface area (Å²) in [6, 6.07) is 0. The molecule has 0 N–H and O–H groups in total. The van der Waals surface area contributed by atoms with Crippen molar-refractivity contribution in [3.05, 3.63) is 11.7 Å². The number of aryl methyl sites for hydroxylation is 1. The molecule has 4 rings (SSSR count). The lowest BCUT2D eigenvalue weighted by Gasteiger charge is -2.29. The van der Waals surface area contributed by atoms with Gasteiger partial charge in [-0.1, -0.05) is 5.16 Å². The molecule has 3 unspecified atom stereocenters. The maximum atomic E-state index is 12.3. The first kappa shape index (κ1) is 17.4. The molecule has 2 aliphatic carbocycles. The number of fused-ring (bicyclic) bond motifs is 1. The number of aromatic nitrogens is 2. The molecule has 1 saturated heterocycles. The van der Waals surface area contributed by atoms with E-state index in [2.05, 4.69) is 10.1 Å². The standard InChI is InChI=1S/C17H27N3O4S/c1-11-18-17(24-19-11)16-6-5-15(23-16)10-20(25(2,21)22)9-12-3-4-13-8-14(13)7-12/h12-16H,3-10H2,1-2H3/t12?,13?,14?,15-,16+/m1/s1. The van der Waals surface area contributed by atoms with Gasteiger partial charge in [0.1, 0.15) is 6.10 Å². The van der Waals surface area contributed by atoms with E-state index in [-0.39, 0.29) is 12.2 Å². The summed E-state index contributed by atoms with van der Waals surface area (Å²) >= 11 is 0. The zero-order valence-electron chi connectivity index (χ0n) is 14.9. The van der Waals surface area contributed by atoms with Gasteiger partial charge in [0.15, 0.2) is 5.82 Å². The third kappa shape index (κ3) is 4.06. The van der Waals surface area contributed by atoms with Crippen LogP contribution >= 0.6 is 0 Å². The zero-order valence-corrected chi connectivity index (χ0v) is 15.7. The molecule has 3 fully saturated rings. The van der Waals surface area contributed by atoms with Crippen molar-refractivity contribution in [2.75, 3.05) is 19.3 Å². The number of hydrogen-bond donors (Lipinski definition) is 0. The van der Waals surface area contributed by atoms with Gasteiger partial charge in [0.05, 0.1) is 12.4 Å². The average molecular weight is 369 g/mol. The van der Waals surface area contributed by atoms with Crippen LogP contribution in [-0.4, -0.2) is 48.3 Å². The van der Waals surface area contributed by atoms with E-state index in [1.807, 2.05) is 0 Å². The summed E-state index contributed by atoms with van der Waals surface area (Å²) in [6.07, 6.45) is 7.56. The molecule has 7 nitrogen and oxygen atoms in total. The highest BCUT2D eigenvalue weighted by Gasteiger charge is 2.43. The van der Waals surface area contributed by atoms with E-state index in [0.717, 1.165) is 31.1 Å². The third-order valence-electron chi connectivity index (χ3n) is 5.92. The van der Waals surface area contributed by atoms with Gasteiger partial charge in [-0.05, 0) is 63.2 Å². The van der Waals surface area contributed by atoms with Crippen molar-refractivity contribution in [1.29, 1.82) is 0 Å². The van der Waals surface area contributed by atoms with Gasteiger partial charge >= 0.3 is 0 Å². The molecule has 25 heavy (non-hydrogen) atoms. The van der Waals surface area contributed by atoms with E-state index in [1.54, 1.807) is 11.2 Å². The van der Waals surface area contributed by atoms with E-state index >= 15 is 0 Å². The first-order chi connectivity index (χ1) is 11.9. The van der Waals surface area contributed by atoms with Gasteiger partial charge in [0.25, 0.3) is 5.89 Å². The summed E-state index contributed by atoms with van der Waals surface area (Å²) in [6.45, 7) is 2.83. The summed E-state index contributed by atoms with van der Waals surface area (Å²) in [7, 11) is -3.23. The predicted octanol–water partition coefficient (Wildman–Crippen LogP) is 2.30. The topological polar surface area (TPSA) is 85.5 Å². The molecule has 1 aromatic rings. The number of ether oxygens (including phenoxy) is 1. The Hall–Kier alpha value is -0.990. The van der Waals surface area contributed by atoms with E-state index in [1.165, 1.54) is 25.5 Å². The maximum Gasteiger partial charge on any atom is 0.255 e. The average Bonchev–Trinajstić information content (AvgIpc) is 2.93. The Labute approximate surface area is 149 Å². The molecule has 2 saturated carbocycles. The fraction of sp³-hybridized carbons (Fsp3) is 0.882. The molecule has 8 heteroatoms. The second-order valence-electron chi connectivity index (χ2n) is 8.02. The van der Waals surface area contributed by atoms with Crippen molar-refractivity contribution in [3.8, 4) is 0 Å². The van der Waals surface area contributed by atoms with Crippen LogP contribution in [0, 0.1) is 24.7 Å². The van der Waals surface area contributed by atoms with E-state index in [4.69, 9.17) is 9.26 Å². The second kappa shape index (κ2) is 6.63. The van der Waals surface area contributed by atoms with Gasteiger partial charge in [-0.25, -0.2) is 8.42 Å². The normalized spacial score (nSPS) is 35.1. The Morgan fingerprint density at radius 2 is 1.96 bits per heavy atom. The highest BCUT2D eigenvalue weighted by atomic mass is 32.2. The minimum absolute atomic E-state index is 0.107. The van der Waals surface area contributed by atoms with Crippen LogP contribution in [0.25, 0.3) is 0 Å². The summed E-state index contributed by atoms with van der Waals surface area (Å²) in [5, 5.41) is 3.80.